The van der Waals surface area contributed by atoms with Gasteiger partial charge in [-0.3, -0.25) is 14.9 Å². The molecule has 0 aliphatic heterocycles. The molecular formula is C12H8N4O3. The number of benzene rings is 1. The molecule has 0 radical (unpaired) electrons. The molecule has 2 heterocycles. The molecule has 0 amide bonds. The molecule has 3 aromatic rings. The number of nitrogens with zero attached hydrogens (tertiary/aromatic N) is 3. The van der Waals surface area contributed by atoms with E-state index in [0.29, 0.717) is 16.9 Å². The van der Waals surface area contributed by atoms with Gasteiger partial charge >= 0.3 is 0 Å². The Labute approximate surface area is 106 Å². The number of aromatic amines is 1. The van der Waals surface area contributed by atoms with Crippen molar-refractivity contribution in [3.05, 3.63) is 63.1 Å². The number of nitro benzene ring substituents is 1. The Kier molecular flexibility index (Phi) is 2.38. The van der Waals surface area contributed by atoms with Crippen molar-refractivity contribution in [2.45, 2.75) is 0 Å². The summed E-state index contributed by atoms with van der Waals surface area (Å²) in [5, 5.41) is 14.5. The molecule has 7 heteroatoms. The lowest BCUT2D eigenvalue weighted by Gasteiger charge is -2.02. The third kappa shape index (κ3) is 1.86. The standard InChI is InChI=1S/C12H8N4O3/c17-12-7-10(14-11-5-6-13-15(11)12)8-1-3-9(4-2-8)16(18)19/h1-7,14H. The third-order valence-corrected chi connectivity index (χ3v) is 2.77. The van der Waals surface area contributed by atoms with Crippen LogP contribution in [0, 0.1) is 10.1 Å². The highest BCUT2D eigenvalue weighted by Gasteiger charge is 2.07. The number of hydrogen-bond donors (Lipinski definition) is 1. The second kappa shape index (κ2) is 4.05. The summed E-state index contributed by atoms with van der Waals surface area (Å²) in [4.78, 5) is 24.9. The van der Waals surface area contributed by atoms with Crippen LogP contribution in [0.25, 0.3) is 16.9 Å². The molecule has 3 rings (SSSR count). The van der Waals surface area contributed by atoms with Crippen LogP contribution in [0.2, 0.25) is 0 Å². The maximum absolute atomic E-state index is 11.8. The zero-order valence-corrected chi connectivity index (χ0v) is 9.61. The van der Waals surface area contributed by atoms with E-state index in [0.717, 1.165) is 0 Å². The molecule has 0 spiro atoms. The van der Waals surface area contributed by atoms with E-state index in [1.807, 2.05) is 0 Å². The van der Waals surface area contributed by atoms with Gasteiger partial charge in [-0.2, -0.15) is 9.61 Å². The molecule has 0 aliphatic rings. The van der Waals surface area contributed by atoms with Crippen LogP contribution in [0.3, 0.4) is 0 Å². The predicted molar refractivity (Wildman–Crippen MR) is 67.9 cm³/mol. The van der Waals surface area contributed by atoms with Gasteiger partial charge in [0.05, 0.1) is 16.8 Å². The van der Waals surface area contributed by atoms with Crippen LogP contribution in [-0.4, -0.2) is 19.5 Å². The SMILES string of the molecule is O=c1cc(-c2ccc([N+](=O)[O-])cc2)[nH]c2ccnn12. The number of fused-ring (bicyclic) bond motifs is 1. The van der Waals surface area contributed by atoms with E-state index < -0.39 is 4.92 Å². The molecule has 1 aromatic carbocycles. The normalized spacial score (nSPS) is 10.7. The number of non-ortho nitro benzene ring substituents is 1. The summed E-state index contributed by atoms with van der Waals surface area (Å²) in [7, 11) is 0. The summed E-state index contributed by atoms with van der Waals surface area (Å²) in [6.45, 7) is 0. The van der Waals surface area contributed by atoms with Crippen molar-refractivity contribution in [1.82, 2.24) is 14.6 Å². The van der Waals surface area contributed by atoms with Gasteiger partial charge < -0.3 is 4.98 Å². The summed E-state index contributed by atoms with van der Waals surface area (Å²) in [6, 6.07) is 9.06. The Morgan fingerprint density at radius 2 is 1.95 bits per heavy atom. The van der Waals surface area contributed by atoms with Crippen molar-refractivity contribution in [1.29, 1.82) is 0 Å². The molecule has 19 heavy (non-hydrogen) atoms. The van der Waals surface area contributed by atoms with Gasteiger partial charge in [0.25, 0.3) is 11.2 Å². The number of rotatable bonds is 2. The fraction of sp³-hybridized carbons (Fsp3) is 0. The molecule has 0 unspecified atom stereocenters. The first kappa shape index (κ1) is 11.1. The van der Waals surface area contributed by atoms with E-state index in [4.69, 9.17) is 0 Å². The number of nitro groups is 1. The lowest BCUT2D eigenvalue weighted by Crippen LogP contribution is -2.13. The van der Waals surface area contributed by atoms with Crippen molar-refractivity contribution in [3.63, 3.8) is 0 Å². The first-order chi connectivity index (χ1) is 9.15. The largest absolute Gasteiger partial charge is 0.339 e. The van der Waals surface area contributed by atoms with Gasteiger partial charge in [0.1, 0.15) is 5.65 Å². The molecule has 0 aliphatic carbocycles. The number of hydrogen-bond acceptors (Lipinski definition) is 4. The molecule has 94 valence electrons. The van der Waals surface area contributed by atoms with Crippen LogP contribution < -0.4 is 5.56 Å². The van der Waals surface area contributed by atoms with E-state index in [9.17, 15) is 14.9 Å². The zero-order valence-electron chi connectivity index (χ0n) is 9.61. The molecule has 0 fully saturated rings. The van der Waals surface area contributed by atoms with E-state index in [1.165, 1.54) is 28.9 Å². The molecule has 0 saturated heterocycles. The maximum Gasteiger partial charge on any atom is 0.274 e. The number of nitrogens with one attached hydrogen (secondary N) is 1. The Bertz CT molecular complexity index is 817. The zero-order chi connectivity index (χ0) is 13.4. The Morgan fingerprint density at radius 1 is 1.21 bits per heavy atom. The second-order valence-corrected chi connectivity index (χ2v) is 3.95. The topological polar surface area (TPSA) is 93.3 Å². The Morgan fingerprint density at radius 3 is 2.63 bits per heavy atom. The van der Waals surface area contributed by atoms with Gasteiger partial charge in [0, 0.05) is 24.3 Å². The second-order valence-electron chi connectivity index (χ2n) is 3.95. The van der Waals surface area contributed by atoms with Gasteiger partial charge in [0.15, 0.2) is 0 Å². The Balaban J connectivity index is 2.13. The monoisotopic (exact) mass is 256 g/mol. The minimum Gasteiger partial charge on any atom is -0.339 e. The molecule has 2 aromatic heterocycles. The van der Waals surface area contributed by atoms with Crippen LogP contribution in [0.5, 0.6) is 0 Å². The predicted octanol–water partition coefficient (Wildman–Crippen LogP) is 1.60. The lowest BCUT2D eigenvalue weighted by molar-refractivity contribution is -0.384. The summed E-state index contributed by atoms with van der Waals surface area (Å²) in [5.41, 5.74) is 1.61. The van der Waals surface area contributed by atoms with Crippen molar-refractivity contribution >= 4 is 11.3 Å². The fourth-order valence-electron chi connectivity index (χ4n) is 1.85. The van der Waals surface area contributed by atoms with Gasteiger partial charge in [-0.1, -0.05) is 0 Å². The van der Waals surface area contributed by atoms with E-state index in [2.05, 4.69) is 10.1 Å². The van der Waals surface area contributed by atoms with Gasteiger partial charge in [-0.05, 0) is 17.7 Å². The molecule has 0 saturated carbocycles. The molecule has 0 atom stereocenters. The molecule has 7 nitrogen and oxygen atoms in total. The third-order valence-electron chi connectivity index (χ3n) is 2.77. The average Bonchev–Trinajstić information content (AvgIpc) is 2.87. The Hall–Kier alpha value is -2.96. The summed E-state index contributed by atoms with van der Waals surface area (Å²) in [6.07, 6.45) is 1.52. The highest BCUT2D eigenvalue weighted by Crippen LogP contribution is 2.20. The highest BCUT2D eigenvalue weighted by molar-refractivity contribution is 5.62. The molecule has 1 N–H and O–H groups in total. The van der Waals surface area contributed by atoms with Crippen molar-refractivity contribution in [3.8, 4) is 11.3 Å². The van der Waals surface area contributed by atoms with Gasteiger partial charge in [0.2, 0.25) is 0 Å². The minimum atomic E-state index is -0.466. The minimum absolute atomic E-state index is 0.0107. The summed E-state index contributed by atoms with van der Waals surface area (Å²) < 4.78 is 1.24. The van der Waals surface area contributed by atoms with Crippen LogP contribution in [-0.2, 0) is 0 Å². The van der Waals surface area contributed by atoms with Crippen LogP contribution >= 0.6 is 0 Å². The first-order valence-electron chi connectivity index (χ1n) is 5.47. The van der Waals surface area contributed by atoms with Crippen LogP contribution in [0.4, 0.5) is 5.69 Å². The molecule has 0 bridgehead atoms. The number of H-pyrrole nitrogens is 1. The van der Waals surface area contributed by atoms with Crippen molar-refractivity contribution < 1.29 is 4.92 Å². The van der Waals surface area contributed by atoms with Gasteiger partial charge in [-0.15, -0.1) is 0 Å². The van der Waals surface area contributed by atoms with Gasteiger partial charge in [-0.25, -0.2) is 0 Å². The first-order valence-corrected chi connectivity index (χ1v) is 5.47. The van der Waals surface area contributed by atoms with Crippen LogP contribution in [0.1, 0.15) is 0 Å². The highest BCUT2D eigenvalue weighted by atomic mass is 16.6. The van der Waals surface area contributed by atoms with E-state index in [-0.39, 0.29) is 11.2 Å². The van der Waals surface area contributed by atoms with Crippen molar-refractivity contribution in [2.24, 2.45) is 0 Å². The number of aromatic nitrogens is 3. The van der Waals surface area contributed by atoms with E-state index in [1.54, 1.807) is 18.2 Å². The summed E-state index contributed by atoms with van der Waals surface area (Å²) in [5.74, 6) is 0. The van der Waals surface area contributed by atoms with E-state index >= 15 is 0 Å². The fourth-order valence-corrected chi connectivity index (χ4v) is 1.85. The smallest absolute Gasteiger partial charge is 0.274 e. The van der Waals surface area contributed by atoms with Crippen LogP contribution in [0.15, 0.2) is 47.4 Å². The maximum atomic E-state index is 11.8. The molecular weight excluding hydrogens is 248 g/mol. The quantitative estimate of drug-likeness (QED) is 0.556. The summed E-state index contributed by atoms with van der Waals surface area (Å²) >= 11 is 0. The average molecular weight is 256 g/mol. The lowest BCUT2D eigenvalue weighted by atomic mass is 10.1. The van der Waals surface area contributed by atoms with Crippen molar-refractivity contribution in [2.75, 3.05) is 0 Å².